The molecule has 2 saturated carbocycles. The van der Waals surface area contributed by atoms with Gasteiger partial charge in [-0.25, -0.2) is 0 Å². The number of hydrogen-bond donors (Lipinski definition) is 2. The quantitative estimate of drug-likeness (QED) is 0.876. The molecule has 0 aromatic carbocycles. The highest BCUT2D eigenvalue weighted by Gasteiger charge is 2.54. The second-order valence-electron chi connectivity index (χ2n) is 7.13. The molecule has 1 atom stereocenters. The maximum absolute atomic E-state index is 12.6. The smallest absolute Gasteiger partial charge is 0.257 e. The van der Waals surface area contributed by atoms with Crippen molar-refractivity contribution < 1.29 is 9.59 Å². The minimum atomic E-state index is -0.0455. The van der Waals surface area contributed by atoms with Gasteiger partial charge >= 0.3 is 0 Å². The molecule has 1 aromatic rings. The zero-order valence-electron chi connectivity index (χ0n) is 12.7. The molecule has 1 aromatic heterocycles. The number of nitrogens with zero attached hydrogens (tertiary/aromatic N) is 2. The first kappa shape index (κ1) is 13.8. The highest BCUT2D eigenvalue weighted by Crippen LogP contribution is 2.52. The molecule has 6 heteroatoms. The van der Waals surface area contributed by atoms with Crippen LogP contribution in [0.3, 0.4) is 0 Å². The molecular formula is C16H22N4O2. The third kappa shape index (κ3) is 2.30. The van der Waals surface area contributed by atoms with E-state index in [4.69, 9.17) is 0 Å². The third-order valence-electron chi connectivity index (χ3n) is 5.61. The van der Waals surface area contributed by atoms with E-state index in [0.29, 0.717) is 24.6 Å². The SMILES string of the molecule is O=C(NCC1CC1)C1CN(C(=O)c2cn[nH]c2)CC12CCC2. The topological polar surface area (TPSA) is 78.1 Å². The number of aromatic amines is 1. The van der Waals surface area contributed by atoms with E-state index in [9.17, 15) is 9.59 Å². The minimum Gasteiger partial charge on any atom is -0.356 e. The van der Waals surface area contributed by atoms with Crippen molar-refractivity contribution in [3.05, 3.63) is 18.0 Å². The minimum absolute atomic E-state index is 0.0162. The van der Waals surface area contributed by atoms with Gasteiger partial charge in [-0.1, -0.05) is 6.42 Å². The largest absolute Gasteiger partial charge is 0.356 e. The lowest BCUT2D eigenvalue weighted by atomic mass is 9.62. The van der Waals surface area contributed by atoms with Crippen molar-refractivity contribution >= 4 is 11.8 Å². The number of H-pyrrole nitrogens is 1. The van der Waals surface area contributed by atoms with Gasteiger partial charge in [0.2, 0.25) is 5.91 Å². The monoisotopic (exact) mass is 302 g/mol. The number of likely N-dealkylation sites (tertiary alicyclic amines) is 1. The second-order valence-corrected chi connectivity index (χ2v) is 7.13. The molecule has 3 aliphatic rings. The van der Waals surface area contributed by atoms with Gasteiger partial charge in [-0.3, -0.25) is 14.7 Å². The van der Waals surface area contributed by atoms with Gasteiger partial charge in [0.05, 0.1) is 17.7 Å². The molecule has 2 N–H and O–H groups in total. The van der Waals surface area contributed by atoms with Gasteiger partial charge in [0.15, 0.2) is 0 Å². The molecule has 2 heterocycles. The van der Waals surface area contributed by atoms with Gasteiger partial charge in [-0.05, 0) is 31.6 Å². The van der Waals surface area contributed by atoms with Gasteiger partial charge < -0.3 is 10.2 Å². The molecular weight excluding hydrogens is 280 g/mol. The fraction of sp³-hybridized carbons (Fsp3) is 0.688. The number of carbonyl (C=O) groups is 2. The standard InChI is InChI=1S/C16H22N4O2/c21-14(17-6-11-2-3-11)13-9-20(10-16(13)4-1-5-16)15(22)12-7-18-19-8-12/h7-8,11,13H,1-6,9-10H2,(H,17,21)(H,18,19). The maximum atomic E-state index is 12.6. The van der Waals surface area contributed by atoms with Crippen molar-refractivity contribution in [1.82, 2.24) is 20.4 Å². The second kappa shape index (κ2) is 5.11. The van der Waals surface area contributed by atoms with Crippen molar-refractivity contribution in [2.24, 2.45) is 17.3 Å². The van der Waals surface area contributed by atoms with Crippen LogP contribution >= 0.6 is 0 Å². The molecule has 2 aliphatic carbocycles. The molecule has 1 spiro atoms. The first-order valence-electron chi connectivity index (χ1n) is 8.24. The molecule has 1 saturated heterocycles. The van der Waals surface area contributed by atoms with E-state index < -0.39 is 0 Å². The van der Waals surface area contributed by atoms with E-state index in [1.807, 2.05) is 4.90 Å². The summed E-state index contributed by atoms with van der Waals surface area (Å²) in [5.74, 6) is 0.772. The Bertz CT molecular complexity index is 575. The van der Waals surface area contributed by atoms with E-state index in [-0.39, 0.29) is 23.1 Å². The highest BCUT2D eigenvalue weighted by molar-refractivity contribution is 5.94. The molecule has 2 amide bonds. The van der Waals surface area contributed by atoms with Crippen LogP contribution in [0.1, 0.15) is 42.5 Å². The predicted molar refractivity (Wildman–Crippen MR) is 80.0 cm³/mol. The molecule has 0 radical (unpaired) electrons. The number of rotatable bonds is 4. The van der Waals surface area contributed by atoms with Crippen molar-refractivity contribution in [2.45, 2.75) is 32.1 Å². The molecule has 118 valence electrons. The summed E-state index contributed by atoms with van der Waals surface area (Å²) in [6.07, 6.45) is 8.93. The predicted octanol–water partition coefficient (Wildman–Crippen LogP) is 1.18. The van der Waals surface area contributed by atoms with Crippen molar-refractivity contribution in [3.63, 3.8) is 0 Å². The Balaban J connectivity index is 1.46. The van der Waals surface area contributed by atoms with Crippen molar-refractivity contribution in [2.75, 3.05) is 19.6 Å². The lowest BCUT2D eigenvalue weighted by Gasteiger charge is -2.41. The van der Waals surface area contributed by atoms with Crippen LogP contribution in [-0.4, -0.2) is 46.5 Å². The number of amides is 2. The average molecular weight is 302 g/mol. The molecule has 0 bridgehead atoms. The fourth-order valence-electron chi connectivity index (χ4n) is 3.86. The molecule has 4 rings (SSSR count). The molecule has 3 fully saturated rings. The summed E-state index contributed by atoms with van der Waals surface area (Å²) in [5.41, 5.74) is 0.598. The van der Waals surface area contributed by atoms with E-state index in [2.05, 4.69) is 15.5 Å². The molecule has 22 heavy (non-hydrogen) atoms. The van der Waals surface area contributed by atoms with Gasteiger partial charge in [-0.15, -0.1) is 0 Å². The van der Waals surface area contributed by atoms with Gasteiger partial charge in [0.25, 0.3) is 5.91 Å². The first-order chi connectivity index (χ1) is 10.7. The van der Waals surface area contributed by atoms with Crippen LogP contribution in [0.2, 0.25) is 0 Å². The number of aromatic nitrogens is 2. The number of nitrogens with one attached hydrogen (secondary N) is 2. The first-order valence-corrected chi connectivity index (χ1v) is 8.24. The zero-order valence-corrected chi connectivity index (χ0v) is 12.7. The summed E-state index contributed by atoms with van der Waals surface area (Å²) in [7, 11) is 0. The highest BCUT2D eigenvalue weighted by atomic mass is 16.2. The lowest BCUT2D eigenvalue weighted by molar-refractivity contribution is -0.129. The van der Waals surface area contributed by atoms with E-state index in [1.165, 1.54) is 19.3 Å². The molecule has 6 nitrogen and oxygen atoms in total. The van der Waals surface area contributed by atoms with Crippen LogP contribution in [-0.2, 0) is 4.79 Å². The van der Waals surface area contributed by atoms with Crippen LogP contribution < -0.4 is 5.32 Å². The van der Waals surface area contributed by atoms with Gasteiger partial charge in [0, 0.05) is 31.2 Å². The number of carbonyl (C=O) groups excluding carboxylic acids is 2. The molecule has 1 aliphatic heterocycles. The van der Waals surface area contributed by atoms with Crippen molar-refractivity contribution in [1.29, 1.82) is 0 Å². The zero-order chi connectivity index (χ0) is 15.2. The summed E-state index contributed by atoms with van der Waals surface area (Å²) in [6.45, 7) is 2.06. The van der Waals surface area contributed by atoms with Crippen molar-refractivity contribution in [3.8, 4) is 0 Å². The van der Waals surface area contributed by atoms with Crippen LogP contribution in [0.25, 0.3) is 0 Å². The summed E-state index contributed by atoms with van der Waals surface area (Å²) in [4.78, 5) is 26.9. The van der Waals surface area contributed by atoms with Crippen LogP contribution in [0, 0.1) is 17.3 Å². The normalized spacial score (nSPS) is 26.0. The Morgan fingerprint density at radius 3 is 2.82 bits per heavy atom. The Morgan fingerprint density at radius 1 is 1.41 bits per heavy atom. The van der Waals surface area contributed by atoms with Gasteiger partial charge in [-0.2, -0.15) is 5.10 Å². The van der Waals surface area contributed by atoms with E-state index in [0.717, 1.165) is 19.4 Å². The Morgan fingerprint density at radius 2 is 2.23 bits per heavy atom. The lowest BCUT2D eigenvalue weighted by Crippen LogP contribution is -2.45. The summed E-state index contributed by atoms with van der Waals surface area (Å²) in [5, 5.41) is 9.63. The Labute approximate surface area is 129 Å². The average Bonchev–Trinajstić information content (AvgIpc) is 3.02. The van der Waals surface area contributed by atoms with E-state index in [1.54, 1.807) is 12.4 Å². The van der Waals surface area contributed by atoms with Crippen LogP contribution in [0.5, 0.6) is 0 Å². The van der Waals surface area contributed by atoms with Crippen LogP contribution in [0.15, 0.2) is 12.4 Å². The number of hydrogen-bond acceptors (Lipinski definition) is 3. The van der Waals surface area contributed by atoms with Crippen LogP contribution in [0.4, 0.5) is 0 Å². The summed E-state index contributed by atoms with van der Waals surface area (Å²) in [6, 6.07) is 0. The Hall–Kier alpha value is -1.85. The van der Waals surface area contributed by atoms with Gasteiger partial charge in [0.1, 0.15) is 0 Å². The fourth-order valence-corrected chi connectivity index (χ4v) is 3.86. The summed E-state index contributed by atoms with van der Waals surface area (Å²) < 4.78 is 0. The third-order valence-corrected chi connectivity index (χ3v) is 5.61. The van der Waals surface area contributed by atoms with E-state index >= 15 is 0 Å². The summed E-state index contributed by atoms with van der Waals surface area (Å²) >= 11 is 0. The molecule has 1 unspecified atom stereocenters. The maximum Gasteiger partial charge on any atom is 0.257 e. The Kier molecular flexibility index (Phi) is 3.20.